The molecule has 3 aromatic rings. The molecule has 0 saturated heterocycles. The molecule has 0 amide bonds. The second-order valence-electron chi connectivity index (χ2n) is 5.19. The quantitative estimate of drug-likeness (QED) is 0.731. The van der Waals surface area contributed by atoms with Gasteiger partial charge in [0.2, 0.25) is 0 Å². The molecule has 2 aromatic carbocycles. The van der Waals surface area contributed by atoms with E-state index >= 15 is 0 Å². The first-order valence-corrected chi connectivity index (χ1v) is 8.10. The summed E-state index contributed by atoms with van der Waals surface area (Å²) in [5, 5.41) is 1.54. The molecule has 0 aliphatic rings. The van der Waals surface area contributed by atoms with Crippen molar-refractivity contribution in [2.24, 2.45) is 7.05 Å². The third-order valence-corrected chi connectivity index (χ3v) is 4.20. The standard InChI is InChI=1S/C18H17NO3S/c1-3-22-17-9-8-12(23-21)10-15(17)16-11-19(2)18(20)14-7-5-4-6-13(14)16/h4-11,21H,3H2,1-2H3. The summed E-state index contributed by atoms with van der Waals surface area (Å²) < 4.78 is 16.7. The number of aryl methyl sites for hydroxylation is 1. The van der Waals surface area contributed by atoms with Crippen LogP contribution >= 0.6 is 12.0 Å². The average molecular weight is 327 g/mol. The van der Waals surface area contributed by atoms with Crippen molar-refractivity contribution in [1.29, 1.82) is 0 Å². The molecule has 4 nitrogen and oxygen atoms in total. The molecule has 0 fully saturated rings. The Balaban J connectivity index is 2.36. The van der Waals surface area contributed by atoms with E-state index in [9.17, 15) is 9.35 Å². The molecule has 0 spiro atoms. The lowest BCUT2D eigenvalue weighted by molar-refractivity contribution is 0.341. The summed E-state index contributed by atoms with van der Waals surface area (Å²) in [6, 6.07) is 13.1. The number of nitrogens with zero attached hydrogens (tertiary/aromatic N) is 1. The molecule has 0 aliphatic heterocycles. The topological polar surface area (TPSA) is 51.5 Å². The highest BCUT2D eigenvalue weighted by Gasteiger charge is 2.14. The Morgan fingerprint density at radius 3 is 2.57 bits per heavy atom. The third kappa shape index (κ3) is 2.85. The Morgan fingerprint density at radius 1 is 1.13 bits per heavy atom. The lowest BCUT2D eigenvalue weighted by Gasteiger charge is -2.14. The van der Waals surface area contributed by atoms with Crippen molar-refractivity contribution < 1.29 is 9.29 Å². The summed E-state index contributed by atoms with van der Waals surface area (Å²) in [5.74, 6) is 0.731. The molecule has 1 heterocycles. The first kappa shape index (κ1) is 15.6. The fourth-order valence-corrected chi connectivity index (χ4v) is 2.99. The van der Waals surface area contributed by atoms with E-state index in [2.05, 4.69) is 0 Å². The van der Waals surface area contributed by atoms with Crippen molar-refractivity contribution in [2.75, 3.05) is 6.61 Å². The molecule has 118 valence electrons. The van der Waals surface area contributed by atoms with Gasteiger partial charge in [0, 0.05) is 46.7 Å². The van der Waals surface area contributed by atoms with Crippen LogP contribution in [0.5, 0.6) is 5.75 Å². The molecule has 0 atom stereocenters. The van der Waals surface area contributed by atoms with Crippen LogP contribution in [0.4, 0.5) is 0 Å². The van der Waals surface area contributed by atoms with Crippen molar-refractivity contribution in [3.63, 3.8) is 0 Å². The lowest BCUT2D eigenvalue weighted by atomic mass is 10.00. The highest BCUT2D eigenvalue weighted by molar-refractivity contribution is 7.93. The van der Waals surface area contributed by atoms with Gasteiger partial charge in [-0.25, -0.2) is 0 Å². The molecule has 1 aromatic heterocycles. The zero-order valence-electron chi connectivity index (χ0n) is 12.9. The smallest absolute Gasteiger partial charge is 0.258 e. The number of pyridine rings is 1. The van der Waals surface area contributed by atoms with Crippen LogP contribution in [0, 0.1) is 0 Å². The Bertz CT molecular complexity index is 918. The second kappa shape index (κ2) is 6.48. The number of aromatic nitrogens is 1. The Morgan fingerprint density at radius 2 is 1.87 bits per heavy atom. The zero-order chi connectivity index (χ0) is 16.4. The van der Waals surface area contributed by atoms with Gasteiger partial charge < -0.3 is 13.9 Å². The number of fused-ring (bicyclic) bond motifs is 1. The SMILES string of the molecule is CCOc1ccc(SO)cc1-c1cn(C)c(=O)c2ccccc12. The molecule has 3 rings (SSSR count). The Kier molecular flexibility index (Phi) is 4.41. The highest BCUT2D eigenvalue weighted by atomic mass is 32.2. The van der Waals surface area contributed by atoms with Crippen molar-refractivity contribution in [3.8, 4) is 16.9 Å². The summed E-state index contributed by atoms with van der Waals surface area (Å²) in [5.41, 5.74) is 1.73. The van der Waals surface area contributed by atoms with E-state index in [4.69, 9.17) is 4.74 Å². The maximum atomic E-state index is 12.3. The van der Waals surface area contributed by atoms with E-state index in [-0.39, 0.29) is 5.56 Å². The van der Waals surface area contributed by atoms with Crippen LogP contribution in [0.2, 0.25) is 0 Å². The van der Waals surface area contributed by atoms with Gasteiger partial charge in [0.05, 0.1) is 6.61 Å². The average Bonchev–Trinajstić information content (AvgIpc) is 2.59. The number of benzene rings is 2. The van der Waals surface area contributed by atoms with Crippen molar-refractivity contribution in [1.82, 2.24) is 4.57 Å². The molecule has 0 aliphatic carbocycles. The molecule has 5 heteroatoms. The number of hydrogen-bond donors (Lipinski definition) is 1. The fraction of sp³-hybridized carbons (Fsp3) is 0.167. The molecule has 0 radical (unpaired) electrons. The van der Waals surface area contributed by atoms with Gasteiger partial charge in [-0.1, -0.05) is 18.2 Å². The first-order valence-electron chi connectivity index (χ1n) is 7.32. The normalized spacial score (nSPS) is 10.9. The van der Waals surface area contributed by atoms with Crippen LogP contribution in [0.1, 0.15) is 6.92 Å². The minimum absolute atomic E-state index is 0.0324. The molecule has 0 saturated carbocycles. The lowest BCUT2D eigenvalue weighted by Crippen LogP contribution is -2.16. The summed E-state index contributed by atoms with van der Waals surface area (Å²) in [6.45, 7) is 2.47. The minimum Gasteiger partial charge on any atom is -0.493 e. The summed E-state index contributed by atoms with van der Waals surface area (Å²) in [6.07, 6.45) is 1.81. The maximum absolute atomic E-state index is 12.3. The van der Waals surface area contributed by atoms with E-state index < -0.39 is 0 Å². The van der Waals surface area contributed by atoms with E-state index in [1.807, 2.05) is 55.6 Å². The highest BCUT2D eigenvalue weighted by Crippen LogP contribution is 2.36. The van der Waals surface area contributed by atoms with Crippen LogP contribution < -0.4 is 10.3 Å². The number of hydrogen-bond acceptors (Lipinski definition) is 4. The van der Waals surface area contributed by atoms with E-state index in [1.54, 1.807) is 11.6 Å². The predicted molar refractivity (Wildman–Crippen MR) is 94.3 cm³/mol. The van der Waals surface area contributed by atoms with Gasteiger partial charge in [0.1, 0.15) is 5.75 Å². The largest absolute Gasteiger partial charge is 0.493 e. The van der Waals surface area contributed by atoms with Gasteiger partial charge in [-0.2, -0.15) is 0 Å². The molecule has 0 unspecified atom stereocenters. The Labute approximate surface area is 138 Å². The maximum Gasteiger partial charge on any atom is 0.258 e. The molecule has 0 bridgehead atoms. The van der Waals surface area contributed by atoms with Crippen LogP contribution in [0.15, 0.2) is 58.4 Å². The summed E-state index contributed by atoms with van der Waals surface area (Å²) >= 11 is 0.693. The zero-order valence-corrected chi connectivity index (χ0v) is 13.8. The summed E-state index contributed by atoms with van der Waals surface area (Å²) in [4.78, 5) is 13.1. The second-order valence-corrected chi connectivity index (χ2v) is 5.84. The van der Waals surface area contributed by atoms with Crippen molar-refractivity contribution in [3.05, 3.63) is 59.0 Å². The van der Waals surface area contributed by atoms with Crippen LogP contribution in [-0.4, -0.2) is 15.7 Å². The van der Waals surface area contributed by atoms with Crippen molar-refractivity contribution in [2.45, 2.75) is 11.8 Å². The third-order valence-electron chi connectivity index (χ3n) is 3.74. The predicted octanol–water partition coefficient (Wildman–Crippen LogP) is 4.17. The van der Waals surface area contributed by atoms with Crippen LogP contribution in [-0.2, 0) is 7.05 Å². The molecule has 1 N–H and O–H groups in total. The Hall–Kier alpha value is -2.24. The van der Waals surface area contributed by atoms with E-state index in [1.165, 1.54) is 0 Å². The minimum atomic E-state index is -0.0324. The van der Waals surface area contributed by atoms with Crippen LogP contribution in [0.25, 0.3) is 21.9 Å². The van der Waals surface area contributed by atoms with Gasteiger partial charge in [-0.15, -0.1) is 0 Å². The van der Waals surface area contributed by atoms with Gasteiger partial charge in [0.15, 0.2) is 0 Å². The molecular weight excluding hydrogens is 310 g/mol. The number of rotatable bonds is 4. The van der Waals surface area contributed by atoms with Gasteiger partial charge in [0.25, 0.3) is 5.56 Å². The number of ether oxygens (including phenoxy) is 1. The molecular formula is C18H17NO3S. The van der Waals surface area contributed by atoms with Crippen LogP contribution in [0.3, 0.4) is 0 Å². The van der Waals surface area contributed by atoms with Gasteiger partial charge >= 0.3 is 0 Å². The molecule has 23 heavy (non-hydrogen) atoms. The monoisotopic (exact) mass is 327 g/mol. The van der Waals surface area contributed by atoms with E-state index in [0.717, 1.165) is 27.2 Å². The van der Waals surface area contributed by atoms with Crippen molar-refractivity contribution >= 4 is 22.8 Å². The van der Waals surface area contributed by atoms with Gasteiger partial charge in [-0.3, -0.25) is 4.79 Å². The first-order chi connectivity index (χ1) is 11.2. The summed E-state index contributed by atoms with van der Waals surface area (Å²) in [7, 11) is 1.74. The van der Waals surface area contributed by atoms with E-state index in [0.29, 0.717) is 24.0 Å². The fourth-order valence-electron chi connectivity index (χ4n) is 2.69. The van der Waals surface area contributed by atoms with Gasteiger partial charge in [-0.05, 0) is 36.6 Å².